The molecule has 0 aliphatic rings. The number of fused-ring (bicyclic) bond motifs is 1. The Labute approximate surface area is 79.1 Å². The average molecular weight is 189 g/mol. The molecule has 2 rings (SSSR count). The van der Waals surface area contributed by atoms with Gasteiger partial charge in [-0.2, -0.15) is 0 Å². The molecule has 1 heterocycles. The molecule has 70 valence electrons. The second kappa shape index (κ2) is 3.33. The predicted molar refractivity (Wildman–Crippen MR) is 51.9 cm³/mol. The molecular weight excluding hydrogens is 182 g/mol. The molecule has 1 N–H and O–H groups in total. The van der Waals surface area contributed by atoms with Gasteiger partial charge in [-0.05, 0) is 17.7 Å². The van der Waals surface area contributed by atoms with Crippen LogP contribution in [-0.4, -0.2) is 11.4 Å². The van der Waals surface area contributed by atoms with Crippen molar-refractivity contribution in [3.8, 4) is 0 Å². The summed E-state index contributed by atoms with van der Waals surface area (Å²) in [6.45, 7) is 0. The number of hydrogen-bond acceptors (Lipinski definition) is 4. The molecule has 0 bridgehead atoms. The number of benzene rings is 1. The first-order valence-corrected chi connectivity index (χ1v) is 4.01. The Morgan fingerprint density at radius 3 is 2.86 bits per heavy atom. The molecule has 2 aromatic rings. The first kappa shape index (κ1) is 8.50. The maximum absolute atomic E-state index is 10.9. The van der Waals surface area contributed by atoms with Crippen molar-refractivity contribution in [1.29, 1.82) is 0 Å². The fourth-order valence-corrected chi connectivity index (χ4v) is 1.22. The number of oxime groups is 1. The smallest absolute Gasteiger partial charge is 0.336 e. The third-order valence-electron chi connectivity index (χ3n) is 1.85. The second-order valence-electron chi connectivity index (χ2n) is 2.80. The topological polar surface area (TPSA) is 62.8 Å². The quantitative estimate of drug-likeness (QED) is 0.321. The third-order valence-corrected chi connectivity index (χ3v) is 1.85. The van der Waals surface area contributed by atoms with E-state index in [2.05, 4.69) is 5.16 Å². The van der Waals surface area contributed by atoms with Gasteiger partial charge in [-0.1, -0.05) is 17.3 Å². The van der Waals surface area contributed by atoms with Crippen molar-refractivity contribution in [1.82, 2.24) is 0 Å². The molecule has 0 aliphatic heterocycles. The molecule has 0 atom stereocenters. The van der Waals surface area contributed by atoms with Crippen molar-refractivity contribution in [3.05, 3.63) is 46.3 Å². The van der Waals surface area contributed by atoms with E-state index >= 15 is 0 Å². The molecule has 4 heteroatoms. The van der Waals surface area contributed by atoms with Gasteiger partial charge in [0.25, 0.3) is 0 Å². The van der Waals surface area contributed by atoms with E-state index < -0.39 is 5.63 Å². The van der Waals surface area contributed by atoms with Crippen LogP contribution < -0.4 is 5.63 Å². The molecule has 0 unspecified atom stereocenters. The Bertz CT molecular complexity index is 542. The van der Waals surface area contributed by atoms with Gasteiger partial charge in [0, 0.05) is 11.5 Å². The molecule has 0 spiro atoms. The van der Waals surface area contributed by atoms with Crippen LogP contribution in [0.2, 0.25) is 0 Å². The predicted octanol–water partition coefficient (Wildman–Crippen LogP) is 1.60. The van der Waals surface area contributed by atoms with Crippen molar-refractivity contribution in [2.45, 2.75) is 0 Å². The monoisotopic (exact) mass is 189 g/mol. The van der Waals surface area contributed by atoms with E-state index in [-0.39, 0.29) is 0 Å². The Morgan fingerprint density at radius 1 is 1.29 bits per heavy atom. The fraction of sp³-hybridized carbons (Fsp3) is 0. The molecule has 4 nitrogen and oxygen atoms in total. The molecule has 0 aliphatic carbocycles. The zero-order chi connectivity index (χ0) is 9.97. The van der Waals surface area contributed by atoms with Crippen molar-refractivity contribution in [3.63, 3.8) is 0 Å². The van der Waals surface area contributed by atoms with Gasteiger partial charge >= 0.3 is 5.63 Å². The lowest BCUT2D eigenvalue weighted by Crippen LogP contribution is -1.94. The average Bonchev–Trinajstić information content (AvgIpc) is 2.17. The molecule has 0 amide bonds. The third kappa shape index (κ3) is 1.50. The minimum absolute atomic E-state index is 0.393. The van der Waals surface area contributed by atoms with Gasteiger partial charge in [0.1, 0.15) is 5.58 Å². The Kier molecular flexibility index (Phi) is 2.02. The first-order chi connectivity index (χ1) is 6.79. The summed E-state index contributed by atoms with van der Waals surface area (Å²) < 4.78 is 4.95. The van der Waals surface area contributed by atoms with Gasteiger partial charge in [-0.15, -0.1) is 0 Å². The van der Waals surface area contributed by atoms with Crippen LogP contribution in [-0.2, 0) is 0 Å². The van der Waals surface area contributed by atoms with E-state index in [1.807, 2.05) is 0 Å². The SMILES string of the molecule is O=c1ccc2ccc(C=NO)cc2o1. The molecule has 0 fully saturated rings. The van der Waals surface area contributed by atoms with Gasteiger partial charge in [0.2, 0.25) is 0 Å². The largest absolute Gasteiger partial charge is 0.423 e. The summed E-state index contributed by atoms with van der Waals surface area (Å²) in [6.07, 6.45) is 1.27. The standard InChI is InChI=1S/C10H7NO3/c12-10-4-3-8-2-1-7(6-11-13)5-9(8)14-10/h1-6,13H. The van der Waals surface area contributed by atoms with E-state index in [0.717, 1.165) is 5.39 Å². The summed E-state index contributed by atoms with van der Waals surface area (Å²) in [5.41, 5.74) is 0.764. The van der Waals surface area contributed by atoms with E-state index in [1.54, 1.807) is 24.3 Å². The van der Waals surface area contributed by atoms with Gasteiger partial charge in [0.05, 0.1) is 6.21 Å². The van der Waals surface area contributed by atoms with Crippen LogP contribution in [0.4, 0.5) is 0 Å². The summed E-state index contributed by atoms with van der Waals surface area (Å²) in [7, 11) is 0. The number of rotatable bonds is 1. The van der Waals surface area contributed by atoms with Crippen molar-refractivity contribution >= 4 is 17.2 Å². The molecule has 0 saturated carbocycles. The lowest BCUT2D eigenvalue weighted by atomic mass is 10.2. The lowest BCUT2D eigenvalue weighted by molar-refractivity contribution is 0.322. The minimum atomic E-state index is -0.393. The van der Waals surface area contributed by atoms with E-state index in [0.29, 0.717) is 11.1 Å². The highest BCUT2D eigenvalue weighted by atomic mass is 16.4. The van der Waals surface area contributed by atoms with Crippen LogP contribution in [0, 0.1) is 0 Å². The molecule has 14 heavy (non-hydrogen) atoms. The number of nitrogens with zero attached hydrogens (tertiary/aromatic N) is 1. The molecule has 0 radical (unpaired) electrons. The molecule has 1 aromatic heterocycles. The summed E-state index contributed by atoms with van der Waals surface area (Å²) in [6, 6.07) is 8.23. The normalized spacial score (nSPS) is 11.1. The van der Waals surface area contributed by atoms with Gasteiger partial charge < -0.3 is 9.62 Å². The van der Waals surface area contributed by atoms with E-state index in [9.17, 15) is 4.79 Å². The highest BCUT2D eigenvalue weighted by Gasteiger charge is 1.97. The van der Waals surface area contributed by atoms with E-state index in [4.69, 9.17) is 9.62 Å². The summed E-state index contributed by atoms with van der Waals surface area (Å²) in [4.78, 5) is 10.9. The highest BCUT2D eigenvalue weighted by molar-refractivity contribution is 5.87. The Balaban J connectivity index is 2.69. The summed E-state index contributed by atoms with van der Waals surface area (Å²) in [5, 5.41) is 12.0. The Hall–Kier alpha value is -2.10. The summed E-state index contributed by atoms with van der Waals surface area (Å²) in [5.74, 6) is 0. The lowest BCUT2D eigenvalue weighted by Gasteiger charge is -1.96. The maximum atomic E-state index is 10.9. The van der Waals surface area contributed by atoms with Crippen LogP contribution in [0.1, 0.15) is 5.56 Å². The molecule has 1 aromatic carbocycles. The molecular formula is C10H7NO3. The van der Waals surface area contributed by atoms with Gasteiger partial charge in [-0.25, -0.2) is 4.79 Å². The fourth-order valence-electron chi connectivity index (χ4n) is 1.22. The zero-order valence-corrected chi connectivity index (χ0v) is 7.18. The first-order valence-electron chi connectivity index (χ1n) is 4.01. The van der Waals surface area contributed by atoms with Crippen LogP contribution in [0.15, 0.2) is 44.7 Å². The van der Waals surface area contributed by atoms with Crippen LogP contribution in [0.3, 0.4) is 0 Å². The highest BCUT2D eigenvalue weighted by Crippen LogP contribution is 2.12. The van der Waals surface area contributed by atoms with Crippen molar-refractivity contribution in [2.75, 3.05) is 0 Å². The van der Waals surface area contributed by atoms with E-state index in [1.165, 1.54) is 12.3 Å². The maximum Gasteiger partial charge on any atom is 0.336 e. The van der Waals surface area contributed by atoms with Crippen LogP contribution >= 0.6 is 0 Å². The molecule has 0 saturated heterocycles. The van der Waals surface area contributed by atoms with Crippen molar-refractivity contribution in [2.24, 2.45) is 5.16 Å². The minimum Gasteiger partial charge on any atom is -0.423 e. The Morgan fingerprint density at radius 2 is 2.07 bits per heavy atom. The van der Waals surface area contributed by atoms with Gasteiger partial charge in [-0.3, -0.25) is 0 Å². The van der Waals surface area contributed by atoms with Crippen LogP contribution in [0.25, 0.3) is 11.0 Å². The van der Waals surface area contributed by atoms with Crippen molar-refractivity contribution < 1.29 is 9.62 Å². The summed E-state index contributed by atoms with van der Waals surface area (Å²) >= 11 is 0. The second-order valence-corrected chi connectivity index (χ2v) is 2.80. The number of hydrogen-bond donors (Lipinski definition) is 1. The zero-order valence-electron chi connectivity index (χ0n) is 7.18. The van der Waals surface area contributed by atoms with Gasteiger partial charge in [0.15, 0.2) is 0 Å². The van der Waals surface area contributed by atoms with Crippen LogP contribution in [0.5, 0.6) is 0 Å².